The minimum Gasteiger partial charge on any atom is -0.335 e. The van der Waals surface area contributed by atoms with Gasteiger partial charge < -0.3 is 10.6 Å². The highest BCUT2D eigenvalue weighted by Crippen LogP contribution is 2.18. The molecule has 2 N–H and O–H groups in total. The zero-order chi connectivity index (χ0) is 13.7. The van der Waals surface area contributed by atoms with E-state index in [9.17, 15) is 4.79 Å². The number of aromatic nitrogens is 1. The maximum atomic E-state index is 11.5. The van der Waals surface area contributed by atoms with Gasteiger partial charge in [-0.1, -0.05) is 13.8 Å². The normalized spacial score (nSPS) is 14.7. The van der Waals surface area contributed by atoms with Gasteiger partial charge in [0.15, 0.2) is 0 Å². The van der Waals surface area contributed by atoms with E-state index >= 15 is 0 Å². The minimum atomic E-state index is -0.0806. The molecule has 1 aliphatic carbocycles. The van der Waals surface area contributed by atoms with Crippen molar-refractivity contribution >= 4 is 17.4 Å². The molecule has 2 rings (SSSR count). The second-order valence-corrected chi connectivity index (χ2v) is 5.74. The molecule has 0 aromatic carbocycles. The molecule has 0 unspecified atom stereocenters. The highest BCUT2D eigenvalue weighted by atomic mass is 32.1. The van der Waals surface area contributed by atoms with Crippen molar-refractivity contribution < 1.29 is 4.79 Å². The van der Waals surface area contributed by atoms with Gasteiger partial charge in [-0.05, 0) is 25.9 Å². The standard InChI is InChI=1S/C13H22N4OS/c1-3-17(4-2)8-11-9-19-12(15-11)7-14-13(18)16-10-5-6-10/h9-10H,3-8H2,1-2H3,(H2,14,16,18). The first-order chi connectivity index (χ1) is 9.21. The van der Waals surface area contributed by atoms with Crippen LogP contribution in [0.5, 0.6) is 0 Å². The maximum Gasteiger partial charge on any atom is 0.315 e. The molecular weight excluding hydrogens is 260 g/mol. The van der Waals surface area contributed by atoms with Crippen molar-refractivity contribution in [1.29, 1.82) is 0 Å². The van der Waals surface area contributed by atoms with Crippen molar-refractivity contribution in [3.05, 3.63) is 16.1 Å². The Hall–Kier alpha value is -1.14. The number of rotatable bonds is 7. The summed E-state index contributed by atoms with van der Waals surface area (Å²) in [6.45, 7) is 7.77. The Morgan fingerprint density at radius 3 is 2.84 bits per heavy atom. The second kappa shape index (κ2) is 6.86. The Morgan fingerprint density at radius 2 is 2.21 bits per heavy atom. The van der Waals surface area contributed by atoms with Crippen LogP contribution in [0.2, 0.25) is 0 Å². The lowest BCUT2D eigenvalue weighted by Gasteiger charge is -2.15. The third-order valence-electron chi connectivity index (χ3n) is 3.19. The summed E-state index contributed by atoms with van der Waals surface area (Å²) in [4.78, 5) is 18.4. The van der Waals surface area contributed by atoms with E-state index in [4.69, 9.17) is 0 Å². The zero-order valence-corrected chi connectivity index (χ0v) is 12.4. The summed E-state index contributed by atoms with van der Waals surface area (Å²) in [5.74, 6) is 0. The van der Waals surface area contributed by atoms with Crippen molar-refractivity contribution in [2.75, 3.05) is 13.1 Å². The number of nitrogens with one attached hydrogen (secondary N) is 2. The molecule has 1 aromatic heterocycles. The molecule has 0 atom stereocenters. The molecule has 2 amide bonds. The molecule has 5 nitrogen and oxygen atoms in total. The highest BCUT2D eigenvalue weighted by molar-refractivity contribution is 7.09. The molecule has 0 aliphatic heterocycles. The van der Waals surface area contributed by atoms with Crippen LogP contribution in [0.25, 0.3) is 0 Å². The monoisotopic (exact) mass is 282 g/mol. The van der Waals surface area contributed by atoms with E-state index in [1.165, 1.54) is 0 Å². The topological polar surface area (TPSA) is 57.3 Å². The van der Waals surface area contributed by atoms with E-state index in [1.807, 2.05) is 0 Å². The zero-order valence-electron chi connectivity index (χ0n) is 11.6. The molecule has 6 heteroatoms. The molecule has 0 spiro atoms. The van der Waals surface area contributed by atoms with Gasteiger partial charge >= 0.3 is 6.03 Å². The molecule has 0 radical (unpaired) electrons. The summed E-state index contributed by atoms with van der Waals surface area (Å²) >= 11 is 1.61. The predicted molar refractivity (Wildman–Crippen MR) is 77.1 cm³/mol. The van der Waals surface area contributed by atoms with Crippen LogP contribution in [0.1, 0.15) is 37.4 Å². The summed E-state index contributed by atoms with van der Waals surface area (Å²) in [6, 6.07) is 0.317. The van der Waals surface area contributed by atoms with E-state index in [2.05, 4.69) is 39.7 Å². The number of nitrogens with zero attached hydrogens (tertiary/aromatic N) is 2. The van der Waals surface area contributed by atoms with Crippen molar-refractivity contribution in [3.63, 3.8) is 0 Å². The average molecular weight is 282 g/mol. The molecule has 106 valence electrons. The van der Waals surface area contributed by atoms with Crippen molar-refractivity contribution in [3.8, 4) is 0 Å². The summed E-state index contributed by atoms with van der Waals surface area (Å²) in [6.07, 6.45) is 2.22. The van der Waals surface area contributed by atoms with E-state index in [0.29, 0.717) is 12.6 Å². The lowest BCUT2D eigenvalue weighted by Crippen LogP contribution is -2.36. The fraction of sp³-hybridized carbons (Fsp3) is 0.692. The highest BCUT2D eigenvalue weighted by Gasteiger charge is 2.23. The summed E-state index contributed by atoms with van der Waals surface area (Å²) < 4.78 is 0. The van der Waals surface area contributed by atoms with E-state index in [0.717, 1.165) is 43.2 Å². The average Bonchev–Trinajstić information content (AvgIpc) is 3.11. The van der Waals surface area contributed by atoms with E-state index in [-0.39, 0.29) is 6.03 Å². The Labute approximate surface area is 118 Å². The van der Waals surface area contributed by atoms with Gasteiger partial charge in [0.1, 0.15) is 5.01 Å². The summed E-state index contributed by atoms with van der Waals surface area (Å²) in [7, 11) is 0. The molecule has 0 saturated heterocycles. The first-order valence-electron chi connectivity index (χ1n) is 6.91. The lowest BCUT2D eigenvalue weighted by molar-refractivity contribution is 0.240. The number of carbonyl (C=O) groups excluding carboxylic acids is 1. The van der Waals surface area contributed by atoms with Crippen LogP contribution < -0.4 is 10.6 Å². The Bertz CT molecular complexity index is 413. The first kappa shape index (κ1) is 14.3. The van der Waals surface area contributed by atoms with Crippen LogP contribution >= 0.6 is 11.3 Å². The number of thiazole rings is 1. The van der Waals surface area contributed by atoms with Gasteiger partial charge in [-0.15, -0.1) is 11.3 Å². The Balaban J connectivity index is 1.74. The van der Waals surface area contributed by atoms with Crippen molar-refractivity contribution in [2.45, 2.75) is 45.8 Å². The Morgan fingerprint density at radius 1 is 1.47 bits per heavy atom. The molecular formula is C13H22N4OS. The van der Waals surface area contributed by atoms with Crippen LogP contribution in [-0.4, -0.2) is 35.0 Å². The van der Waals surface area contributed by atoms with Gasteiger partial charge in [-0.2, -0.15) is 0 Å². The number of hydrogen-bond acceptors (Lipinski definition) is 4. The van der Waals surface area contributed by atoms with Crippen molar-refractivity contribution in [2.24, 2.45) is 0 Å². The quantitative estimate of drug-likeness (QED) is 0.803. The molecule has 1 fully saturated rings. The molecule has 1 aromatic rings. The second-order valence-electron chi connectivity index (χ2n) is 4.80. The van der Waals surface area contributed by atoms with Gasteiger partial charge in [0, 0.05) is 18.0 Å². The first-order valence-corrected chi connectivity index (χ1v) is 7.79. The van der Waals surface area contributed by atoms with Crippen LogP contribution in [0.3, 0.4) is 0 Å². The molecule has 19 heavy (non-hydrogen) atoms. The van der Waals surface area contributed by atoms with Gasteiger partial charge in [0.05, 0.1) is 12.2 Å². The fourth-order valence-corrected chi connectivity index (χ4v) is 2.52. The van der Waals surface area contributed by atoms with E-state index in [1.54, 1.807) is 11.3 Å². The third kappa shape index (κ3) is 4.80. The molecule has 0 bridgehead atoms. The van der Waals surface area contributed by atoms with E-state index < -0.39 is 0 Å². The third-order valence-corrected chi connectivity index (χ3v) is 4.09. The van der Waals surface area contributed by atoms with Crippen LogP contribution in [-0.2, 0) is 13.1 Å². The number of carbonyl (C=O) groups is 1. The predicted octanol–water partition coefficient (Wildman–Crippen LogP) is 1.95. The summed E-state index contributed by atoms with van der Waals surface area (Å²) in [5.41, 5.74) is 1.09. The Kier molecular flexibility index (Phi) is 5.15. The van der Waals surface area contributed by atoms with Gasteiger partial charge in [0.2, 0.25) is 0 Å². The minimum absolute atomic E-state index is 0.0806. The van der Waals surface area contributed by atoms with Crippen molar-refractivity contribution in [1.82, 2.24) is 20.5 Å². The maximum absolute atomic E-state index is 11.5. The number of urea groups is 1. The van der Waals surface area contributed by atoms with Crippen LogP contribution in [0.15, 0.2) is 5.38 Å². The number of hydrogen-bond donors (Lipinski definition) is 2. The van der Waals surface area contributed by atoms with Crippen LogP contribution in [0.4, 0.5) is 4.79 Å². The number of amides is 2. The largest absolute Gasteiger partial charge is 0.335 e. The van der Waals surface area contributed by atoms with Gasteiger partial charge in [0.25, 0.3) is 0 Å². The SMILES string of the molecule is CCN(CC)Cc1csc(CNC(=O)NC2CC2)n1. The molecule has 1 aliphatic rings. The fourth-order valence-electron chi connectivity index (χ4n) is 1.80. The van der Waals surface area contributed by atoms with Crippen LogP contribution in [0, 0.1) is 0 Å². The summed E-state index contributed by atoms with van der Waals surface area (Å²) in [5, 5.41) is 8.79. The smallest absolute Gasteiger partial charge is 0.315 e. The lowest BCUT2D eigenvalue weighted by atomic mass is 10.4. The van der Waals surface area contributed by atoms with Gasteiger partial charge in [-0.3, -0.25) is 4.90 Å². The molecule has 1 heterocycles. The molecule has 1 saturated carbocycles. The van der Waals surface area contributed by atoms with Gasteiger partial charge in [-0.25, -0.2) is 9.78 Å².